The van der Waals surface area contributed by atoms with Gasteiger partial charge in [0.15, 0.2) is 0 Å². The first-order valence-corrected chi connectivity index (χ1v) is 6.87. The second kappa shape index (κ2) is 7.43. The summed E-state index contributed by atoms with van der Waals surface area (Å²) in [5.74, 6) is -0.180. The van der Waals surface area contributed by atoms with Crippen LogP contribution in [0.5, 0.6) is 0 Å². The average molecular weight is 312 g/mol. The fourth-order valence-electron chi connectivity index (χ4n) is 2.50. The zero-order valence-electron chi connectivity index (χ0n) is 12.3. The first-order chi connectivity index (χ1) is 9.49. The Balaban J connectivity index is 0.00000220. The second-order valence-corrected chi connectivity index (χ2v) is 5.47. The molecule has 116 valence electrons. The van der Waals surface area contributed by atoms with Crippen LogP contribution < -0.4 is 11.1 Å². The van der Waals surface area contributed by atoms with Gasteiger partial charge in [0.2, 0.25) is 5.91 Å². The van der Waals surface area contributed by atoms with Crippen LogP contribution in [-0.4, -0.2) is 36.9 Å². The van der Waals surface area contributed by atoms with E-state index in [4.69, 9.17) is 5.73 Å². The lowest BCUT2D eigenvalue weighted by atomic mass is 10.0. The summed E-state index contributed by atoms with van der Waals surface area (Å²) in [5.41, 5.74) is 7.22. The van der Waals surface area contributed by atoms with E-state index in [2.05, 4.69) is 5.32 Å². The maximum absolute atomic E-state index is 12.1. The molecule has 0 heterocycles. The van der Waals surface area contributed by atoms with E-state index in [0.717, 1.165) is 19.3 Å². The Hall–Kier alpha value is -1.59. The molecule has 3 N–H and O–H groups in total. The van der Waals surface area contributed by atoms with Crippen LogP contribution in [0.4, 0.5) is 5.69 Å². The predicted molar refractivity (Wildman–Crippen MR) is 85.7 cm³/mol. The Morgan fingerprint density at radius 2 is 1.81 bits per heavy atom. The first kappa shape index (κ1) is 17.5. The maximum Gasteiger partial charge on any atom is 0.253 e. The Kier molecular flexibility index (Phi) is 6.18. The molecular formula is C15H22ClN3O2. The normalized spacial score (nSPS) is 20.5. The van der Waals surface area contributed by atoms with Crippen molar-refractivity contribution in [1.29, 1.82) is 0 Å². The van der Waals surface area contributed by atoms with Gasteiger partial charge in [0, 0.05) is 31.4 Å². The number of halogens is 1. The number of hydrogen-bond donors (Lipinski definition) is 2. The van der Waals surface area contributed by atoms with E-state index in [9.17, 15) is 9.59 Å². The van der Waals surface area contributed by atoms with Crippen LogP contribution in [0.3, 0.4) is 0 Å². The number of anilines is 1. The van der Waals surface area contributed by atoms with Gasteiger partial charge in [0.1, 0.15) is 0 Å². The fraction of sp³-hybridized carbons (Fsp3) is 0.467. The van der Waals surface area contributed by atoms with Crippen LogP contribution in [0, 0.1) is 5.92 Å². The van der Waals surface area contributed by atoms with Gasteiger partial charge >= 0.3 is 0 Å². The van der Waals surface area contributed by atoms with Crippen LogP contribution >= 0.6 is 12.4 Å². The summed E-state index contributed by atoms with van der Waals surface area (Å²) >= 11 is 0. The van der Waals surface area contributed by atoms with Crippen molar-refractivity contribution in [3.05, 3.63) is 29.8 Å². The lowest BCUT2D eigenvalue weighted by molar-refractivity contribution is -0.120. The average Bonchev–Trinajstić information content (AvgIpc) is 2.85. The molecule has 0 radical (unpaired) electrons. The zero-order chi connectivity index (χ0) is 14.7. The largest absolute Gasteiger partial charge is 0.345 e. The molecular weight excluding hydrogens is 290 g/mol. The number of amides is 2. The fourth-order valence-corrected chi connectivity index (χ4v) is 2.50. The van der Waals surface area contributed by atoms with Crippen molar-refractivity contribution in [3.63, 3.8) is 0 Å². The highest BCUT2D eigenvalue weighted by Gasteiger charge is 2.30. The standard InChI is InChI=1S/C15H21N3O2.ClH/c1-18(2)15(20)10-6-8-11(9-7-10)17-14(19)12-4-3-5-13(12)16;/h6-9,12-13H,3-5,16H2,1-2H3,(H,17,19);1H. The minimum atomic E-state index is -0.0990. The Morgan fingerprint density at radius 3 is 2.29 bits per heavy atom. The van der Waals surface area contributed by atoms with Gasteiger partial charge in [-0.2, -0.15) is 0 Å². The lowest BCUT2D eigenvalue weighted by Gasteiger charge is -2.15. The molecule has 1 aliphatic carbocycles. The van der Waals surface area contributed by atoms with E-state index < -0.39 is 0 Å². The van der Waals surface area contributed by atoms with Crippen LogP contribution in [0.1, 0.15) is 29.6 Å². The Labute approximate surface area is 131 Å². The summed E-state index contributed by atoms with van der Waals surface area (Å²) in [6.45, 7) is 0. The third kappa shape index (κ3) is 4.19. The quantitative estimate of drug-likeness (QED) is 0.895. The summed E-state index contributed by atoms with van der Waals surface area (Å²) in [5, 5.41) is 2.87. The molecule has 0 aliphatic heterocycles. The smallest absolute Gasteiger partial charge is 0.253 e. The van der Waals surface area contributed by atoms with Gasteiger partial charge in [-0.15, -0.1) is 12.4 Å². The van der Waals surface area contributed by atoms with Gasteiger partial charge in [-0.1, -0.05) is 6.42 Å². The molecule has 5 nitrogen and oxygen atoms in total. The highest BCUT2D eigenvalue weighted by Crippen LogP contribution is 2.25. The molecule has 0 spiro atoms. The van der Waals surface area contributed by atoms with Gasteiger partial charge in [-0.25, -0.2) is 0 Å². The van der Waals surface area contributed by atoms with Gasteiger partial charge in [0.25, 0.3) is 5.91 Å². The lowest BCUT2D eigenvalue weighted by Crippen LogP contribution is -2.34. The van der Waals surface area contributed by atoms with Crippen LogP contribution in [-0.2, 0) is 4.79 Å². The van der Waals surface area contributed by atoms with Crippen molar-refractivity contribution in [1.82, 2.24) is 4.90 Å². The second-order valence-electron chi connectivity index (χ2n) is 5.47. The summed E-state index contributed by atoms with van der Waals surface area (Å²) in [4.78, 5) is 25.4. The minimum absolute atomic E-state index is 0. The SMILES string of the molecule is CN(C)C(=O)c1ccc(NC(=O)C2CCCC2N)cc1.Cl. The maximum atomic E-state index is 12.1. The number of nitrogens with two attached hydrogens (primary N) is 1. The Bertz CT molecular complexity index is 502. The zero-order valence-corrected chi connectivity index (χ0v) is 13.2. The number of carbonyl (C=O) groups excluding carboxylic acids is 2. The molecule has 0 saturated heterocycles. The Morgan fingerprint density at radius 1 is 1.19 bits per heavy atom. The van der Waals surface area contributed by atoms with E-state index in [1.807, 2.05) is 0 Å². The highest BCUT2D eigenvalue weighted by molar-refractivity contribution is 5.96. The van der Waals surface area contributed by atoms with Gasteiger partial charge in [0.05, 0.1) is 5.92 Å². The summed E-state index contributed by atoms with van der Waals surface area (Å²) in [6.07, 6.45) is 2.77. The van der Waals surface area contributed by atoms with E-state index in [1.54, 1.807) is 38.4 Å². The number of nitrogens with one attached hydrogen (secondary N) is 1. The van der Waals surface area contributed by atoms with Gasteiger partial charge in [-0.05, 0) is 37.1 Å². The number of carbonyl (C=O) groups is 2. The van der Waals surface area contributed by atoms with Crippen molar-refractivity contribution < 1.29 is 9.59 Å². The molecule has 1 aromatic rings. The number of nitrogens with zero attached hydrogens (tertiary/aromatic N) is 1. The third-order valence-electron chi connectivity index (χ3n) is 3.71. The monoisotopic (exact) mass is 311 g/mol. The van der Waals surface area contributed by atoms with Crippen LogP contribution in [0.25, 0.3) is 0 Å². The highest BCUT2D eigenvalue weighted by atomic mass is 35.5. The van der Waals surface area contributed by atoms with Crippen molar-refractivity contribution >= 4 is 29.9 Å². The van der Waals surface area contributed by atoms with Gasteiger partial charge in [-0.3, -0.25) is 9.59 Å². The molecule has 0 bridgehead atoms. The molecule has 21 heavy (non-hydrogen) atoms. The molecule has 1 saturated carbocycles. The van der Waals surface area contributed by atoms with E-state index in [0.29, 0.717) is 11.3 Å². The number of rotatable bonds is 3. The predicted octanol–water partition coefficient (Wildman–Crippen LogP) is 1.88. The molecule has 1 fully saturated rings. The van der Waals surface area contributed by atoms with E-state index >= 15 is 0 Å². The van der Waals surface area contributed by atoms with Crippen molar-refractivity contribution in [2.75, 3.05) is 19.4 Å². The minimum Gasteiger partial charge on any atom is -0.345 e. The molecule has 1 aliphatic rings. The summed E-state index contributed by atoms with van der Waals surface area (Å²) in [7, 11) is 3.42. The summed E-state index contributed by atoms with van der Waals surface area (Å²) < 4.78 is 0. The van der Waals surface area contributed by atoms with E-state index in [-0.39, 0.29) is 36.2 Å². The molecule has 2 rings (SSSR count). The van der Waals surface area contributed by atoms with Crippen molar-refractivity contribution in [2.45, 2.75) is 25.3 Å². The van der Waals surface area contributed by atoms with E-state index in [1.165, 1.54) is 4.90 Å². The number of benzene rings is 1. The topological polar surface area (TPSA) is 75.4 Å². The van der Waals surface area contributed by atoms with Crippen LogP contribution in [0.15, 0.2) is 24.3 Å². The number of hydrogen-bond acceptors (Lipinski definition) is 3. The molecule has 2 unspecified atom stereocenters. The van der Waals surface area contributed by atoms with Crippen LogP contribution in [0.2, 0.25) is 0 Å². The molecule has 0 aromatic heterocycles. The molecule has 6 heteroatoms. The van der Waals surface area contributed by atoms with Crippen molar-refractivity contribution in [2.24, 2.45) is 11.7 Å². The first-order valence-electron chi connectivity index (χ1n) is 6.87. The van der Waals surface area contributed by atoms with Crippen molar-refractivity contribution in [3.8, 4) is 0 Å². The third-order valence-corrected chi connectivity index (χ3v) is 3.71. The molecule has 1 aromatic carbocycles. The van der Waals surface area contributed by atoms with Gasteiger partial charge < -0.3 is 16.0 Å². The molecule has 2 atom stereocenters. The summed E-state index contributed by atoms with van der Waals surface area (Å²) in [6, 6.07) is 6.88. The molecule has 2 amide bonds.